The number of ether oxygens (including phenoxy) is 2. The minimum Gasteiger partial charge on any atom is -0.461 e. The lowest BCUT2D eigenvalue weighted by Gasteiger charge is -2.23. The van der Waals surface area contributed by atoms with E-state index >= 15 is 0 Å². The molecule has 2 heterocycles. The smallest absolute Gasteiger partial charge is 0.360 e. The van der Waals surface area contributed by atoms with E-state index in [9.17, 15) is 9.18 Å². The molecule has 0 amide bonds. The lowest BCUT2D eigenvalue weighted by molar-refractivity contribution is 0.0512. The van der Waals surface area contributed by atoms with E-state index in [-0.39, 0.29) is 23.9 Å². The van der Waals surface area contributed by atoms with Crippen molar-refractivity contribution in [1.29, 1.82) is 0 Å². The molecule has 0 unspecified atom stereocenters. The predicted octanol–water partition coefficient (Wildman–Crippen LogP) is 2.48. The highest BCUT2D eigenvalue weighted by atomic mass is 19.1. The normalized spacial score (nSPS) is 15.6. The minimum absolute atomic E-state index is 0.0257. The number of hydrogen-bond acceptors (Lipinski definition) is 5. The second kappa shape index (κ2) is 6.87. The van der Waals surface area contributed by atoms with Gasteiger partial charge in [0, 0.05) is 19.1 Å². The van der Waals surface area contributed by atoms with Crippen molar-refractivity contribution in [2.45, 2.75) is 25.7 Å². The van der Waals surface area contributed by atoms with Crippen molar-refractivity contribution in [3.63, 3.8) is 0 Å². The zero-order valence-electron chi connectivity index (χ0n) is 12.9. The number of carbonyl (C=O) groups excluding carboxylic acids is 1. The second-order valence-electron chi connectivity index (χ2n) is 5.29. The van der Waals surface area contributed by atoms with E-state index in [1.54, 1.807) is 25.1 Å². The summed E-state index contributed by atoms with van der Waals surface area (Å²) in [6.45, 7) is 3.16. The molecule has 3 rings (SSSR count). The third-order valence-electron chi connectivity index (χ3n) is 3.86. The summed E-state index contributed by atoms with van der Waals surface area (Å²) in [7, 11) is 0. The minimum atomic E-state index is -0.531. The van der Waals surface area contributed by atoms with Crippen LogP contribution in [0.5, 0.6) is 0 Å². The largest absolute Gasteiger partial charge is 0.461 e. The SMILES string of the molecule is CCOC(=O)c1nnn(-c2ccccc2F)c1C1CCOCC1. The topological polar surface area (TPSA) is 66.2 Å². The van der Waals surface area contributed by atoms with E-state index < -0.39 is 11.8 Å². The highest BCUT2D eigenvalue weighted by Crippen LogP contribution is 2.31. The van der Waals surface area contributed by atoms with Crippen molar-refractivity contribution in [1.82, 2.24) is 15.0 Å². The average molecular weight is 319 g/mol. The summed E-state index contributed by atoms with van der Waals surface area (Å²) in [4.78, 5) is 12.2. The molecule has 0 radical (unpaired) electrons. The number of aromatic nitrogens is 3. The number of benzene rings is 1. The molecule has 0 spiro atoms. The molecule has 1 aliphatic rings. The fourth-order valence-corrected chi connectivity index (χ4v) is 2.77. The van der Waals surface area contributed by atoms with Gasteiger partial charge in [-0.25, -0.2) is 13.9 Å². The van der Waals surface area contributed by atoms with Crippen molar-refractivity contribution >= 4 is 5.97 Å². The Kier molecular flexibility index (Phi) is 4.66. The van der Waals surface area contributed by atoms with Crippen LogP contribution in [-0.4, -0.2) is 40.8 Å². The standard InChI is InChI=1S/C16H18FN3O3/c1-2-23-16(21)14-15(11-7-9-22-10-8-11)20(19-18-14)13-6-4-3-5-12(13)17/h3-6,11H,2,7-10H2,1H3. The summed E-state index contributed by atoms with van der Waals surface area (Å²) >= 11 is 0. The molecule has 1 saturated heterocycles. The first kappa shape index (κ1) is 15.6. The molecule has 6 nitrogen and oxygen atoms in total. The van der Waals surface area contributed by atoms with Gasteiger partial charge in [0.05, 0.1) is 12.3 Å². The number of esters is 1. The van der Waals surface area contributed by atoms with Crippen LogP contribution in [-0.2, 0) is 9.47 Å². The Labute approximate surface area is 133 Å². The van der Waals surface area contributed by atoms with Gasteiger partial charge in [-0.2, -0.15) is 0 Å². The van der Waals surface area contributed by atoms with E-state index in [2.05, 4.69) is 10.3 Å². The van der Waals surface area contributed by atoms with Gasteiger partial charge in [0.15, 0.2) is 5.69 Å². The first-order valence-corrected chi connectivity index (χ1v) is 7.67. The number of halogens is 1. The fourth-order valence-electron chi connectivity index (χ4n) is 2.77. The van der Waals surface area contributed by atoms with E-state index in [0.29, 0.717) is 18.9 Å². The lowest BCUT2D eigenvalue weighted by atomic mass is 9.94. The van der Waals surface area contributed by atoms with Gasteiger partial charge < -0.3 is 9.47 Å². The van der Waals surface area contributed by atoms with Gasteiger partial charge in [0.2, 0.25) is 0 Å². The first-order valence-electron chi connectivity index (χ1n) is 7.67. The molecule has 1 fully saturated rings. The van der Waals surface area contributed by atoms with Gasteiger partial charge in [-0.1, -0.05) is 17.3 Å². The summed E-state index contributed by atoms with van der Waals surface area (Å²) < 4.78 is 26.0. The first-order chi connectivity index (χ1) is 11.2. The zero-order chi connectivity index (χ0) is 16.2. The summed E-state index contributed by atoms with van der Waals surface area (Å²) in [5.41, 5.74) is 1.02. The number of carbonyl (C=O) groups is 1. The summed E-state index contributed by atoms with van der Waals surface area (Å²) in [5.74, 6) is -0.921. The summed E-state index contributed by atoms with van der Waals surface area (Å²) in [5, 5.41) is 7.97. The molecule has 122 valence electrons. The van der Waals surface area contributed by atoms with Crippen LogP contribution in [0.3, 0.4) is 0 Å². The zero-order valence-corrected chi connectivity index (χ0v) is 12.9. The Bertz CT molecular complexity index is 696. The maximum Gasteiger partial charge on any atom is 0.360 e. The maximum atomic E-state index is 14.2. The molecule has 1 aromatic carbocycles. The molecule has 0 atom stereocenters. The van der Waals surface area contributed by atoms with Gasteiger partial charge in [0.25, 0.3) is 0 Å². The van der Waals surface area contributed by atoms with Crippen LogP contribution in [0.4, 0.5) is 4.39 Å². The van der Waals surface area contributed by atoms with Crippen LogP contribution < -0.4 is 0 Å². The fraction of sp³-hybridized carbons (Fsp3) is 0.438. The molecular formula is C16H18FN3O3. The van der Waals surface area contributed by atoms with Crippen molar-refractivity contribution in [2.75, 3.05) is 19.8 Å². The van der Waals surface area contributed by atoms with Crippen LogP contribution >= 0.6 is 0 Å². The van der Waals surface area contributed by atoms with Crippen LogP contribution in [0, 0.1) is 5.82 Å². The molecule has 2 aromatic rings. The van der Waals surface area contributed by atoms with Gasteiger partial charge in [-0.15, -0.1) is 5.10 Å². The Morgan fingerprint density at radius 2 is 2.13 bits per heavy atom. The quantitative estimate of drug-likeness (QED) is 0.810. The molecule has 7 heteroatoms. The molecule has 0 aliphatic carbocycles. The van der Waals surface area contributed by atoms with E-state index in [4.69, 9.17) is 9.47 Å². The van der Waals surface area contributed by atoms with Crippen molar-refractivity contribution < 1.29 is 18.7 Å². The molecule has 0 N–H and O–H groups in total. The molecule has 0 bridgehead atoms. The molecule has 0 saturated carbocycles. The molecule has 1 aliphatic heterocycles. The van der Waals surface area contributed by atoms with Crippen LogP contribution in [0.2, 0.25) is 0 Å². The van der Waals surface area contributed by atoms with Gasteiger partial charge in [-0.3, -0.25) is 0 Å². The van der Waals surface area contributed by atoms with Crippen LogP contribution in [0.25, 0.3) is 5.69 Å². The number of hydrogen-bond donors (Lipinski definition) is 0. The van der Waals surface area contributed by atoms with Crippen LogP contribution in [0.1, 0.15) is 41.9 Å². The predicted molar refractivity (Wildman–Crippen MR) is 80.1 cm³/mol. The van der Waals surface area contributed by atoms with Gasteiger partial charge in [-0.05, 0) is 31.9 Å². The van der Waals surface area contributed by atoms with Gasteiger partial charge in [0.1, 0.15) is 11.5 Å². The molecular weight excluding hydrogens is 301 g/mol. The second-order valence-corrected chi connectivity index (χ2v) is 5.29. The number of rotatable bonds is 4. The Hall–Kier alpha value is -2.28. The molecule has 23 heavy (non-hydrogen) atoms. The highest BCUT2D eigenvalue weighted by Gasteiger charge is 2.30. The lowest BCUT2D eigenvalue weighted by Crippen LogP contribution is -2.20. The summed E-state index contributed by atoms with van der Waals surface area (Å²) in [6, 6.07) is 6.30. The average Bonchev–Trinajstić information content (AvgIpc) is 3.01. The van der Waals surface area contributed by atoms with Gasteiger partial charge >= 0.3 is 5.97 Å². The highest BCUT2D eigenvalue weighted by molar-refractivity contribution is 5.88. The van der Waals surface area contributed by atoms with Crippen molar-refractivity contribution in [3.8, 4) is 5.69 Å². The van der Waals surface area contributed by atoms with E-state index in [1.165, 1.54) is 10.7 Å². The molecule has 1 aromatic heterocycles. The van der Waals surface area contributed by atoms with Crippen molar-refractivity contribution in [3.05, 3.63) is 41.5 Å². The summed E-state index contributed by atoms with van der Waals surface area (Å²) in [6.07, 6.45) is 1.46. The number of nitrogens with zero attached hydrogens (tertiary/aromatic N) is 3. The Morgan fingerprint density at radius 3 is 2.83 bits per heavy atom. The Balaban J connectivity index is 2.09. The number of para-hydroxylation sites is 1. The Morgan fingerprint density at radius 1 is 1.39 bits per heavy atom. The van der Waals surface area contributed by atoms with Crippen molar-refractivity contribution in [2.24, 2.45) is 0 Å². The third kappa shape index (κ3) is 3.10. The monoisotopic (exact) mass is 319 g/mol. The third-order valence-corrected chi connectivity index (χ3v) is 3.86. The van der Waals surface area contributed by atoms with Crippen LogP contribution in [0.15, 0.2) is 24.3 Å². The van der Waals surface area contributed by atoms with E-state index in [1.807, 2.05) is 0 Å². The van der Waals surface area contributed by atoms with E-state index in [0.717, 1.165) is 12.8 Å². The maximum absolute atomic E-state index is 14.2.